The maximum Gasteiger partial charge on any atom is 0.116 e. The van der Waals surface area contributed by atoms with Gasteiger partial charge < -0.3 is 0 Å². The van der Waals surface area contributed by atoms with E-state index in [4.69, 9.17) is 11.6 Å². The van der Waals surface area contributed by atoms with Crippen molar-refractivity contribution in [3.63, 3.8) is 0 Å². The van der Waals surface area contributed by atoms with Gasteiger partial charge in [0.05, 0.1) is 10.8 Å². The highest BCUT2D eigenvalue weighted by atomic mass is 35.5. The zero-order chi connectivity index (χ0) is 10.7. The van der Waals surface area contributed by atoms with Crippen molar-refractivity contribution in [3.05, 3.63) is 29.8 Å². The third-order valence-corrected chi connectivity index (χ3v) is 4.66. The molecule has 0 heterocycles. The molecule has 1 rings (SSSR count). The summed E-state index contributed by atoms with van der Waals surface area (Å²) in [4.78, 5) is 0.810. The molecule has 0 fully saturated rings. The van der Waals surface area contributed by atoms with E-state index < -0.39 is 10.8 Å². The first-order valence-corrected chi connectivity index (χ1v) is 6.28. The van der Waals surface area contributed by atoms with Crippen LogP contribution in [-0.2, 0) is 10.8 Å². The molecule has 0 aromatic heterocycles. The first-order chi connectivity index (χ1) is 6.52. The van der Waals surface area contributed by atoms with E-state index in [2.05, 4.69) is 0 Å². The van der Waals surface area contributed by atoms with Gasteiger partial charge in [-0.15, -0.1) is 11.6 Å². The summed E-state index contributed by atoms with van der Waals surface area (Å²) in [6, 6.07) is 7.67. The fourth-order valence-corrected chi connectivity index (χ4v) is 2.52. The van der Waals surface area contributed by atoms with Gasteiger partial charge in [-0.3, -0.25) is 4.21 Å². The molecule has 1 aromatic rings. The molecule has 0 aliphatic rings. The lowest BCUT2D eigenvalue weighted by atomic mass is 10.2. The van der Waals surface area contributed by atoms with Crippen molar-refractivity contribution < 1.29 is 4.21 Å². The lowest BCUT2D eigenvalue weighted by Crippen LogP contribution is -2.14. The van der Waals surface area contributed by atoms with Crippen LogP contribution in [0, 0.1) is 12.8 Å². The third-order valence-electron chi connectivity index (χ3n) is 1.98. The molecule has 1 nitrogen and oxygen atoms in total. The molecule has 0 aliphatic carbocycles. The fourth-order valence-electron chi connectivity index (χ4n) is 1.05. The van der Waals surface area contributed by atoms with Gasteiger partial charge in [0.15, 0.2) is 0 Å². The number of benzene rings is 1. The van der Waals surface area contributed by atoms with E-state index in [0.717, 1.165) is 4.90 Å². The predicted octanol–water partition coefficient (Wildman–Crippen LogP) is 3.32. The van der Waals surface area contributed by atoms with Gasteiger partial charge in [-0.2, -0.15) is 0 Å². The van der Waals surface area contributed by atoms with Gasteiger partial charge in [-0.05, 0) is 25.0 Å². The summed E-state index contributed by atoms with van der Waals surface area (Å²) in [7, 11) is -1.10. The van der Waals surface area contributed by atoms with Crippen LogP contribution < -0.4 is 0 Å². The van der Waals surface area contributed by atoms with Crippen molar-refractivity contribution in [1.29, 1.82) is 0 Å². The van der Waals surface area contributed by atoms with Crippen LogP contribution in [0.25, 0.3) is 0 Å². The van der Waals surface area contributed by atoms with Crippen molar-refractivity contribution >= 4 is 22.4 Å². The van der Waals surface area contributed by atoms with E-state index in [9.17, 15) is 4.21 Å². The molecule has 14 heavy (non-hydrogen) atoms. The van der Waals surface area contributed by atoms with Gasteiger partial charge in [-0.1, -0.05) is 31.5 Å². The predicted molar refractivity (Wildman–Crippen MR) is 62.1 cm³/mol. The van der Waals surface area contributed by atoms with Crippen molar-refractivity contribution in [3.8, 4) is 0 Å². The number of halogens is 1. The van der Waals surface area contributed by atoms with Gasteiger partial charge in [0.2, 0.25) is 0 Å². The average molecular weight is 231 g/mol. The molecule has 2 atom stereocenters. The smallest absolute Gasteiger partial charge is 0.116 e. The van der Waals surface area contributed by atoms with Crippen LogP contribution in [0.15, 0.2) is 29.2 Å². The Morgan fingerprint density at radius 3 is 2.14 bits per heavy atom. The summed E-state index contributed by atoms with van der Waals surface area (Å²) < 4.78 is 11.6. The normalized spacial score (nSPS) is 15.5. The molecule has 0 radical (unpaired) electrons. The SMILES string of the molecule is Cc1ccc(S(=O)[C@@H](Cl)C(C)C)cc1. The topological polar surface area (TPSA) is 17.1 Å². The first-order valence-electron chi connectivity index (χ1n) is 4.63. The average Bonchev–Trinajstić information content (AvgIpc) is 2.16. The molecule has 3 heteroatoms. The Morgan fingerprint density at radius 1 is 1.21 bits per heavy atom. The standard InChI is InChI=1S/C11H15ClOS/c1-8(2)11(12)14(13)10-6-4-9(3)5-7-10/h4-8,11H,1-3H3/t11-,14?/m1/s1. The molecule has 0 N–H and O–H groups in total. The van der Waals surface area contributed by atoms with Crippen LogP contribution in [0.5, 0.6) is 0 Å². The molecule has 0 saturated carbocycles. The molecule has 0 aliphatic heterocycles. The number of rotatable bonds is 3. The van der Waals surface area contributed by atoms with Crippen LogP contribution in [0.3, 0.4) is 0 Å². The fraction of sp³-hybridized carbons (Fsp3) is 0.455. The highest BCUT2D eigenvalue weighted by molar-refractivity contribution is 7.87. The highest BCUT2D eigenvalue weighted by Gasteiger charge is 2.18. The summed E-state index contributed by atoms with van der Waals surface area (Å²) >= 11 is 6.04. The van der Waals surface area contributed by atoms with Crippen molar-refractivity contribution in [2.75, 3.05) is 0 Å². The second-order valence-corrected chi connectivity index (χ2v) is 6.01. The maximum atomic E-state index is 11.9. The largest absolute Gasteiger partial charge is 0.253 e. The molecule has 1 unspecified atom stereocenters. The number of hydrogen-bond donors (Lipinski definition) is 0. The second kappa shape index (κ2) is 4.94. The zero-order valence-corrected chi connectivity index (χ0v) is 10.2. The Bertz CT molecular complexity index is 319. The van der Waals surface area contributed by atoms with E-state index in [1.165, 1.54) is 5.56 Å². The Kier molecular flexibility index (Phi) is 4.14. The zero-order valence-electron chi connectivity index (χ0n) is 8.66. The Morgan fingerprint density at radius 2 is 1.71 bits per heavy atom. The monoisotopic (exact) mass is 230 g/mol. The maximum absolute atomic E-state index is 11.9. The van der Waals surface area contributed by atoms with Gasteiger partial charge in [-0.25, -0.2) is 0 Å². The quantitative estimate of drug-likeness (QED) is 0.729. The van der Waals surface area contributed by atoms with Gasteiger partial charge in [0.1, 0.15) is 4.71 Å². The molecule has 0 amide bonds. The third kappa shape index (κ3) is 2.82. The molecule has 0 spiro atoms. The highest BCUT2D eigenvalue weighted by Crippen LogP contribution is 2.20. The van der Waals surface area contributed by atoms with Gasteiger partial charge >= 0.3 is 0 Å². The van der Waals surface area contributed by atoms with E-state index >= 15 is 0 Å². The summed E-state index contributed by atoms with van der Waals surface area (Å²) in [5, 5.41) is 0. The second-order valence-electron chi connectivity index (χ2n) is 3.71. The lowest BCUT2D eigenvalue weighted by molar-refractivity contribution is 0.650. The van der Waals surface area contributed by atoms with Crippen LogP contribution in [0.4, 0.5) is 0 Å². The molecular formula is C11H15ClOS. The number of alkyl halides is 1. The summed E-state index contributed by atoms with van der Waals surface area (Å²) in [5.74, 6) is 0.221. The van der Waals surface area contributed by atoms with Gasteiger partial charge in [0, 0.05) is 4.90 Å². The van der Waals surface area contributed by atoms with Crippen molar-refractivity contribution in [1.82, 2.24) is 0 Å². The van der Waals surface area contributed by atoms with Gasteiger partial charge in [0.25, 0.3) is 0 Å². The first kappa shape index (κ1) is 11.7. The van der Waals surface area contributed by atoms with Crippen LogP contribution >= 0.6 is 11.6 Å². The van der Waals surface area contributed by atoms with E-state index in [1.807, 2.05) is 45.0 Å². The van der Waals surface area contributed by atoms with Crippen molar-refractivity contribution in [2.24, 2.45) is 5.92 Å². The van der Waals surface area contributed by atoms with Crippen LogP contribution in [0.1, 0.15) is 19.4 Å². The number of hydrogen-bond acceptors (Lipinski definition) is 1. The minimum Gasteiger partial charge on any atom is -0.253 e. The molecule has 78 valence electrons. The van der Waals surface area contributed by atoms with E-state index in [0.29, 0.717) is 0 Å². The minimum absolute atomic E-state index is 0.221. The van der Waals surface area contributed by atoms with E-state index in [1.54, 1.807) is 0 Å². The van der Waals surface area contributed by atoms with Crippen LogP contribution in [-0.4, -0.2) is 8.92 Å². The molecule has 1 aromatic carbocycles. The lowest BCUT2D eigenvalue weighted by Gasteiger charge is -2.12. The summed E-state index contributed by atoms with van der Waals surface area (Å²) in [6.45, 7) is 5.96. The summed E-state index contributed by atoms with van der Waals surface area (Å²) in [6.07, 6.45) is 0. The Balaban J connectivity index is 2.84. The molecule has 0 saturated heterocycles. The minimum atomic E-state index is -1.10. The Hall–Kier alpha value is -0.340. The molecular weight excluding hydrogens is 216 g/mol. The Labute approximate surface area is 92.9 Å². The van der Waals surface area contributed by atoms with Crippen LogP contribution in [0.2, 0.25) is 0 Å². The van der Waals surface area contributed by atoms with Crippen molar-refractivity contribution in [2.45, 2.75) is 30.4 Å². The molecule has 0 bridgehead atoms. The number of aryl methyl sites for hydroxylation is 1. The summed E-state index contributed by atoms with van der Waals surface area (Å²) in [5.41, 5.74) is 1.17. The van der Waals surface area contributed by atoms with E-state index in [-0.39, 0.29) is 10.6 Å².